The SMILES string of the molecule is Cc1c(NC(=O)CC2(CN)CCCCC2)cccc1C(=O)N1CCCC1. The molecule has 1 heterocycles. The van der Waals surface area contributed by atoms with E-state index < -0.39 is 0 Å². The molecule has 1 aliphatic heterocycles. The van der Waals surface area contributed by atoms with Crippen LogP contribution in [0.5, 0.6) is 0 Å². The van der Waals surface area contributed by atoms with E-state index in [0.717, 1.165) is 62.9 Å². The van der Waals surface area contributed by atoms with Gasteiger partial charge in [-0.25, -0.2) is 0 Å². The summed E-state index contributed by atoms with van der Waals surface area (Å²) in [7, 11) is 0. The van der Waals surface area contributed by atoms with E-state index in [0.29, 0.717) is 18.5 Å². The summed E-state index contributed by atoms with van der Waals surface area (Å²) in [6.07, 6.45) is 8.22. The predicted molar refractivity (Wildman–Crippen MR) is 104 cm³/mol. The van der Waals surface area contributed by atoms with Gasteiger partial charge in [0.05, 0.1) is 0 Å². The minimum absolute atomic E-state index is 0.00576. The lowest BCUT2D eigenvalue weighted by Gasteiger charge is -2.35. The fraction of sp³-hybridized carbons (Fsp3) is 0.619. The van der Waals surface area contributed by atoms with Crippen LogP contribution >= 0.6 is 0 Å². The van der Waals surface area contributed by atoms with Gasteiger partial charge in [-0.2, -0.15) is 0 Å². The first-order valence-corrected chi connectivity index (χ1v) is 9.93. The third-order valence-electron chi connectivity index (χ3n) is 6.11. The average Bonchev–Trinajstić information content (AvgIpc) is 3.18. The number of nitrogens with two attached hydrogens (primary N) is 1. The van der Waals surface area contributed by atoms with Crippen molar-refractivity contribution in [1.82, 2.24) is 4.90 Å². The molecule has 3 rings (SSSR count). The van der Waals surface area contributed by atoms with E-state index in [9.17, 15) is 9.59 Å². The molecule has 1 saturated heterocycles. The van der Waals surface area contributed by atoms with Crippen molar-refractivity contribution in [1.29, 1.82) is 0 Å². The lowest BCUT2D eigenvalue weighted by Crippen LogP contribution is -2.36. The van der Waals surface area contributed by atoms with Crippen molar-refractivity contribution >= 4 is 17.5 Å². The smallest absolute Gasteiger partial charge is 0.254 e. The molecule has 0 spiro atoms. The first-order chi connectivity index (χ1) is 12.5. The van der Waals surface area contributed by atoms with Crippen LogP contribution in [0.3, 0.4) is 0 Å². The Morgan fingerprint density at radius 3 is 2.46 bits per heavy atom. The van der Waals surface area contributed by atoms with Crippen molar-refractivity contribution in [2.45, 2.75) is 58.3 Å². The van der Waals surface area contributed by atoms with E-state index in [2.05, 4.69) is 5.32 Å². The summed E-state index contributed by atoms with van der Waals surface area (Å²) in [6.45, 7) is 4.13. The largest absolute Gasteiger partial charge is 0.339 e. The van der Waals surface area contributed by atoms with Crippen LogP contribution in [0.4, 0.5) is 5.69 Å². The number of likely N-dealkylation sites (tertiary alicyclic amines) is 1. The predicted octanol–water partition coefficient (Wildman–Crippen LogP) is 3.47. The number of hydrogen-bond donors (Lipinski definition) is 2. The highest BCUT2D eigenvalue weighted by Crippen LogP contribution is 2.38. The summed E-state index contributed by atoms with van der Waals surface area (Å²) in [5.41, 5.74) is 8.24. The Labute approximate surface area is 156 Å². The van der Waals surface area contributed by atoms with Gasteiger partial charge in [0, 0.05) is 30.8 Å². The Kier molecular flexibility index (Phi) is 5.97. The Balaban J connectivity index is 1.70. The average molecular weight is 357 g/mol. The Morgan fingerprint density at radius 2 is 1.81 bits per heavy atom. The van der Waals surface area contributed by atoms with Crippen molar-refractivity contribution in [3.63, 3.8) is 0 Å². The lowest BCUT2D eigenvalue weighted by molar-refractivity contribution is -0.118. The lowest BCUT2D eigenvalue weighted by atomic mass is 9.71. The summed E-state index contributed by atoms with van der Waals surface area (Å²) >= 11 is 0. The number of nitrogens with zero attached hydrogens (tertiary/aromatic N) is 1. The summed E-state index contributed by atoms with van der Waals surface area (Å²) < 4.78 is 0. The minimum Gasteiger partial charge on any atom is -0.339 e. The Morgan fingerprint density at radius 1 is 1.12 bits per heavy atom. The summed E-state index contributed by atoms with van der Waals surface area (Å²) in [5, 5.41) is 3.04. The van der Waals surface area contributed by atoms with Crippen LogP contribution in [0.2, 0.25) is 0 Å². The highest BCUT2D eigenvalue weighted by atomic mass is 16.2. The molecule has 0 atom stereocenters. The number of benzene rings is 1. The molecule has 26 heavy (non-hydrogen) atoms. The molecular formula is C21H31N3O2. The summed E-state index contributed by atoms with van der Waals surface area (Å²) in [6, 6.07) is 5.59. The first kappa shape index (κ1) is 18.9. The van der Waals surface area contributed by atoms with Gasteiger partial charge < -0.3 is 16.0 Å². The second-order valence-electron chi connectivity index (χ2n) is 7.97. The van der Waals surface area contributed by atoms with E-state index in [-0.39, 0.29) is 17.2 Å². The van der Waals surface area contributed by atoms with Crippen LogP contribution in [-0.4, -0.2) is 36.3 Å². The number of carbonyl (C=O) groups excluding carboxylic acids is 2. The molecule has 1 aromatic carbocycles. The van der Waals surface area contributed by atoms with Gasteiger partial charge in [0.15, 0.2) is 0 Å². The standard InChI is InChI=1S/C21H31N3O2/c1-16-17(20(26)24-12-5-6-13-24)8-7-9-18(16)23-19(25)14-21(15-22)10-3-2-4-11-21/h7-9H,2-6,10-15,22H2,1H3,(H,23,25). The van der Waals surface area contributed by atoms with Gasteiger partial charge in [0.1, 0.15) is 0 Å². The maximum Gasteiger partial charge on any atom is 0.254 e. The topological polar surface area (TPSA) is 75.4 Å². The molecule has 2 amide bonds. The molecule has 0 aromatic heterocycles. The maximum absolute atomic E-state index is 12.7. The highest BCUT2D eigenvalue weighted by molar-refractivity contribution is 5.99. The number of anilines is 1. The van der Waals surface area contributed by atoms with Crippen molar-refractivity contribution < 1.29 is 9.59 Å². The highest BCUT2D eigenvalue weighted by Gasteiger charge is 2.33. The number of amides is 2. The monoisotopic (exact) mass is 357 g/mol. The molecule has 1 aromatic rings. The number of nitrogens with one attached hydrogen (secondary N) is 1. The molecule has 2 fully saturated rings. The molecule has 5 heteroatoms. The fourth-order valence-corrected chi connectivity index (χ4v) is 4.38. The van der Waals surface area contributed by atoms with Crippen molar-refractivity contribution in [2.75, 3.05) is 25.0 Å². The van der Waals surface area contributed by atoms with Crippen molar-refractivity contribution in [3.05, 3.63) is 29.3 Å². The van der Waals surface area contributed by atoms with E-state index in [1.165, 1.54) is 6.42 Å². The van der Waals surface area contributed by atoms with Crippen LogP contribution < -0.4 is 11.1 Å². The maximum atomic E-state index is 12.7. The first-order valence-electron chi connectivity index (χ1n) is 9.93. The van der Waals surface area contributed by atoms with E-state index in [4.69, 9.17) is 5.73 Å². The second-order valence-corrected chi connectivity index (χ2v) is 7.97. The third-order valence-corrected chi connectivity index (χ3v) is 6.11. The fourth-order valence-electron chi connectivity index (χ4n) is 4.38. The number of hydrogen-bond acceptors (Lipinski definition) is 3. The number of carbonyl (C=O) groups is 2. The zero-order valence-electron chi connectivity index (χ0n) is 15.9. The molecular weight excluding hydrogens is 326 g/mol. The van der Waals surface area contributed by atoms with Gasteiger partial charge in [-0.15, -0.1) is 0 Å². The van der Waals surface area contributed by atoms with Gasteiger partial charge in [-0.3, -0.25) is 9.59 Å². The molecule has 2 aliphatic rings. The molecule has 0 unspecified atom stereocenters. The van der Waals surface area contributed by atoms with Crippen LogP contribution in [0.1, 0.15) is 67.3 Å². The second kappa shape index (κ2) is 8.21. The van der Waals surface area contributed by atoms with E-state index in [1.54, 1.807) is 0 Å². The molecule has 142 valence electrons. The quantitative estimate of drug-likeness (QED) is 0.847. The molecule has 1 aliphatic carbocycles. The molecule has 5 nitrogen and oxygen atoms in total. The Bertz CT molecular complexity index is 659. The minimum atomic E-state index is -0.0563. The molecule has 1 saturated carbocycles. The molecule has 0 bridgehead atoms. The molecule has 3 N–H and O–H groups in total. The number of rotatable bonds is 5. The van der Waals surface area contributed by atoms with Crippen molar-refractivity contribution in [2.24, 2.45) is 11.1 Å². The van der Waals surface area contributed by atoms with Crippen LogP contribution in [0, 0.1) is 12.3 Å². The van der Waals surface area contributed by atoms with Gasteiger partial charge in [0.25, 0.3) is 5.91 Å². The summed E-state index contributed by atoms with van der Waals surface area (Å²) in [4.78, 5) is 27.3. The van der Waals surface area contributed by atoms with Gasteiger partial charge in [-0.05, 0) is 62.3 Å². The van der Waals surface area contributed by atoms with Gasteiger partial charge >= 0.3 is 0 Å². The summed E-state index contributed by atoms with van der Waals surface area (Å²) in [5.74, 6) is 0.0769. The normalized spacial score (nSPS) is 19.4. The van der Waals surface area contributed by atoms with Crippen LogP contribution in [0.25, 0.3) is 0 Å². The van der Waals surface area contributed by atoms with Gasteiger partial charge in [0.2, 0.25) is 5.91 Å². The van der Waals surface area contributed by atoms with Crippen molar-refractivity contribution in [3.8, 4) is 0 Å². The van der Waals surface area contributed by atoms with Crippen LogP contribution in [0.15, 0.2) is 18.2 Å². The van der Waals surface area contributed by atoms with E-state index in [1.807, 2.05) is 30.0 Å². The van der Waals surface area contributed by atoms with E-state index >= 15 is 0 Å². The third kappa shape index (κ3) is 4.09. The zero-order valence-corrected chi connectivity index (χ0v) is 15.9. The molecule has 0 radical (unpaired) electrons. The zero-order chi connectivity index (χ0) is 18.6. The Hall–Kier alpha value is -1.88. The van der Waals surface area contributed by atoms with Crippen LogP contribution in [-0.2, 0) is 4.79 Å². The van der Waals surface area contributed by atoms with Gasteiger partial charge in [-0.1, -0.05) is 25.3 Å².